The Morgan fingerprint density at radius 3 is 2.19 bits per heavy atom. The molecule has 1 aliphatic heterocycles. The zero-order chi connectivity index (χ0) is 21.6. The Morgan fingerprint density at radius 2 is 1.55 bits per heavy atom. The summed E-state index contributed by atoms with van der Waals surface area (Å²) in [6.45, 7) is 3.01. The number of carbonyl (C=O) groups is 1. The number of hydrogen-bond donors (Lipinski definition) is 1. The third kappa shape index (κ3) is 6.01. The molecule has 0 bridgehead atoms. The van der Waals surface area contributed by atoms with Crippen LogP contribution in [-0.4, -0.2) is 30.5 Å². The molecule has 0 radical (unpaired) electrons. The van der Waals surface area contributed by atoms with E-state index in [0.29, 0.717) is 21.5 Å². The van der Waals surface area contributed by atoms with Crippen LogP contribution in [0.1, 0.15) is 18.4 Å². The van der Waals surface area contributed by atoms with Gasteiger partial charge in [-0.3, -0.25) is 9.69 Å². The summed E-state index contributed by atoms with van der Waals surface area (Å²) in [4.78, 5) is 14.7. The van der Waals surface area contributed by atoms with Crippen LogP contribution in [0.25, 0.3) is 11.1 Å². The van der Waals surface area contributed by atoms with Crippen LogP contribution in [0.15, 0.2) is 66.7 Å². The summed E-state index contributed by atoms with van der Waals surface area (Å²) in [5.41, 5.74) is 3.91. The van der Waals surface area contributed by atoms with E-state index in [1.54, 1.807) is 6.07 Å². The number of nitrogens with one attached hydrogen (secondary N) is 1. The van der Waals surface area contributed by atoms with E-state index in [4.69, 9.17) is 27.9 Å². The van der Waals surface area contributed by atoms with Gasteiger partial charge in [-0.15, -0.1) is 0 Å². The van der Waals surface area contributed by atoms with Gasteiger partial charge in [0.25, 0.3) is 5.91 Å². The summed E-state index contributed by atoms with van der Waals surface area (Å²) >= 11 is 12.3. The maximum absolute atomic E-state index is 12.3. The van der Waals surface area contributed by atoms with Gasteiger partial charge in [-0.25, -0.2) is 0 Å². The van der Waals surface area contributed by atoms with Gasteiger partial charge in [-0.1, -0.05) is 53.5 Å². The van der Waals surface area contributed by atoms with E-state index in [0.717, 1.165) is 36.3 Å². The molecular formula is C25H24Cl2N2O2. The second-order valence-electron chi connectivity index (χ2n) is 7.66. The Bertz CT molecular complexity index is 1030. The zero-order valence-electron chi connectivity index (χ0n) is 17.1. The minimum atomic E-state index is -0.225. The SMILES string of the molecule is O=C(COc1ccc(CN2CCCC2)c(Cl)c1)Nc1ccc(-c2ccc(Cl)cc2)cc1. The number of ether oxygens (including phenoxy) is 1. The molecule has 4 nitrogen and oxygen atoms in total. The maximum atomic E-state index is 12.3. The van der Waals surface area contributed by atoms with Crippen LogP contribution in [0.4, 0.5) is 5.69 Å². The van der Waals surface area contributed by atoms with Gasteiger partial charge in [0.1, 0.15) is 5.75 Å². The van der Waals surface area contributed by atoms with E-state index in [9.17, 15) is 4.79 Å². The highest BCUT2D eigenvalue weighted by Crippen LogP contribution is 2.26. The molecule has 0 aromatic heterocycles. The molecule has 1 saturated heterocycles. The van der Waals surface area contributed by atoms with Crippen molar-refractivity contribution in [1.82, 2.24) is 4.90 Å². The number of benzene rings is 3. The van der Waals surface area contributed by atoms with E-state index >= 15 is 0 Å². The minimum Gasteiger partial charge on any atom is -0.484 e. The van der Waals surface area contributed by atoms with Crippen LogP contribution in [0.3, 0.4) is 0 Å². The topological polar surface area (TPSA) is 41.6 Å². The standard InChI is InChI=1S/C25H24Cl2N2O2/c26-21-8-3-18(4-9-21)19-5-10-22(11-6-19)28-25(30)17-31-23-12-7-20(24(27)15-23)16-29-13-1-2-14-29/h3-12,15H,1-2,13-14,16-17H2,(H,28,30). The van der Waals surface area contributed by atoms with Crippen LogP contribution in [0.2, 0.25) is 10.0 Å². The zero-order valence-corrected chi connectivity index (χ0v) is 18.6. The lowest BCUT2D eigenvalue weighted by molar-refractivity contribution is -0.118. The summed E-state index contributed by atoms with van der Waals surface area (Å²) in [5, 5.41) is 4.22. The third-order valence-corrected chi connectivity index (χ3v) is 5.94. The normalized spacial score (nSPS) is 13.9. The van der Waals surface area contributed by atoms with Gasteiger partial charge in [-0.2, -0.15) is 0 Å². The first kappa shape index (κ1) is 21.7. The van der Waals surface area contributed by atoms with Gasteiger partial charge < -0.3 is 10.1 Å². The molecule has 0 spiro atoms. The fourth-order valence-electron chi connectivity index (χ4n) is 3.66. The highest BCUT2D eigenvalue weighted by Gasteiger charge is 2.14. The largest absolute Gasteiger partial charge is 0.484 e. The summed E-state index contributed by atoms with van der Waals surface area (Å²) in [5.74, 6) is 0.361. The molecule has 31 heavy (non-hydrogen) atoms. The molecule has 1 fully saturated rings. The van der Waals surface area contributed by atoms with Crippen LogP contribution in [0, 0.1) is 0 Å². The lowest BCUT2D eigenvalue weighted by Gasteiger charge is -2.16. The highest BCUT2D eigenvalue weighted by molar-refractivity contribution is 6.31. The molecule has 4 rings (SSSR count). The summed E-state index contributed by atoms with van der Waals surface area (Å²) in [6, 6.07) is 20.9. The van der Waals surface area contributed by atoms with Crippen molar-refractivity contribution in [3.63, 3.8) is 0 Å². The number of amides is 1. The fourth-order valence-corrected chi connectivity index (χ4v) is 4.02. The lowest BCUT2D eigenvalue weighted by atomic mass is 10.1. The van der Waals surface area contributed by atoms with Gasteiger partial charge in [0.05, 0.1) is 0 Å². The number of carbonyl (C=O) groups excluding carboxylic acids is 1. The molecule has 6 heteroatoms. The molecule has 0 atom stereocenters. The molecule has 0 aliphatic carbocycles. The van der Waals surface area contributed by atoms with Crippen LogP contribution in [0.5, 0.6) is 5.75 Å². The van der Waals surface area contributed by atoms with Crippen molar-refractivity contribution in [2.24, 2.45) is 0 Å². The molecular weight excluding hydrogens is 431 g/mol. The quantitative estimate of drug-likeness (QED) is 0.456. The Balaban J connectivity index is 1.28. The van der Waals surface area contributed by atoms with Crippen molar-refractivity contribution in [1.29, 1.82) is 0 Å². The summed E-state index contributed by atoms with van der Waals surface area (Å²) < 4.78 is 5.63. The molecule has 1 amide bonds. The van der Waals surface area contributed by atoms with Crippen LogP contribution < -0.4 is 10.1 Å². The molecule has 160 valence electrons. The minimum absolute atomic E-state index is 0.0826. The number of halogens is 2. The van der Waals surface area contributed by atoms with E-state index in [1.165, 1.54) is 12.8 Å². The van der Waals surface area contributed by atoms with Crippen molar-refractivity contribution >= 4 is 34.8 Å². The number of anilines is 1. The predicted octanol–water partition coefficient (Wildman–Crippen LogP) is 6.27. The first-order chi connectivity index (χ1) is 15.1. The summed E-state index contributed by atoms with van der Waals surface area (Å²) in [7, 11) is 0. The molecule has 3 aromatic carbocycles. The fraction of sp³-hybridized carbons (Fsp3) is 0.240. The average molecular weight is 455 g/mol. The Morgan fingerprint density at radius 1 is 0.903 bits per heavy atom. The van der Waals surface area contributed by atoms with Crippen molar-refractivity contribution < 1.29 is 9.53 Å². The van der Waals surface area contributed by atoms with Gasteiger partial charge in [0.2, 0.25) is 0 Å². The van der Waals surface area contributed by atoms with Crippen LogP contribution >= 0.6 is 23.2 Å². The van der Waals surface area contributed by atoms with Gasteiger partial charge in [0.15, 0.2) is 6.61 Å². The van der Waals surface area contributed by atoms with Crippen molar-refractivity contribution in [2.75, 3.05) is 25.0 Å². The van der Waals surface area contributed by atoms with E-state index in [2.05, 4.69) is 10.2 Å². The van der Waals surface area contributed by atoms with Gasteiger partial charge >= 0.3 is 0 Å². The van der Waals surface area contributed by atoms with Crippen molar-refractivity contribution in [3.05, 3.63) is 82.3 Å². The Hall–Kier alpha value is -2.53. The Kier molecular flexibility index (Phi) is 7.13. The second-order valence-corrected chi connectivity index (χ2v) is 8.50. The second kappa shape index (κ2) is 10.2. The van der Waals surface area contributed by atoms with E-state index < -0.39 is 0 Å². The Labute approximate surface area is 192 Å². The molecule has 0 saturated carbocycles. The molecule has 0 unspecified atom stereocenters. The van der Waals surface area contributed by atoms with E-state index in [1.807, 2.05) is 60.7 Å². The predicted molar refractivity (Wildman–Crippen MR) is 127 cm³/mol. The average Bonchev–Trinajstić information content (AvgIpc) is 3.28. The van der Waals surface area contributed by atoms with Crippen molar-refractivity contribution in [2.45, 2.75) is 19.4 Å². The van der Waals surface area contributed by atoms with Crippen molar-refractivity contribution in [3.8, 4) is 16.9 Å². The number of rotatable bonds is 7. The molecule has 3 aromatic rings. The van der Waals surface area contributed by atoms with Gasteiger partial charge in [-0.05, 0) is 79.0 Å². The number of nitrogens with zero attached hydrogens (tertiary/aromatic N) is 1. The maximum Gasteiger partial charge on any atom is 0.262 e. The lowest BCUT2D eigenvalue weighted by Crippen LogP contribution is -2.20. The summed E-state index contributed by atoms with van der Waals surface area (Å²) in [6.07, 6.45) is 2.50. The number of hydrogen-bond acceptors (Lipinski definition) is 3. The monoisotopic (exact) mass is 454 g/mol. The smallest absolute Gasteiger partial charge is 0.262 e. The first-order valence-electron chi connectivity index (χ1n) is 10.4. The molecule has 1 aliphatic rings. The highest BCUT2D eigenvalue weighted by atomic mass is 35.5. The first-order valence-corrected chi connectivity index (χ1v) is 11.1. The van der Waals surface area contributed by atoms with Gasteiger partial charge in [0, 0.05) is 22.3 Å². The molecule has 1 N–H and O–H groups in total. The third-order valence-electron chi connectivity index (χ3n) is 5.33. The number of likely N-dealkylation sites (tertiary alicyclic amines) is 1. The van der Waals surface area contributed by atoms with E-state index in [-0.39, 0.29) is 12.5 Å². The molecule has 1 heterocycles. The van der Waals surface area contributed by atoms with Crippen LogP contribution in [-0.2, 0) is 11.3 Å².